The van der Waals surface area contributed by atoms with Gasteiger partial charge in [-0.05, 0) is 43.9 Å². The third kappa shape index (κ3) is 2.83. The first-order valence-corrected chi connectivity index (χ1v) is 7.27. The second-order valence-corrected chi connectivity index (χ2v) is 5.71. The molecular formula is C16H19F2N3. The summed E-state index contributed by atoms with van der Waals surface area (Å²) in [6.45, 7) is 1.93. The van der Waals surface area contributed by atoms with Crippen LogP contribution in [0.15, 0.2) is 24.4 Å². The lowest BCUT2D eigenvalue weighted by Crippen LogP contribution is -2.28. The van der Waals surface area contributed by atoms with E-state index in [9.17, 15) is 8.78 Å². The summed E-state index contributed by atoms with van der Waals surface area (Å²) in [5.41, 5.74) is 3.08. The van der Waals surface area contributed by atoms with Crippen LogP contribution in [0.5, 0.6) is 0 Å². The van der Waals surface area contributed by atoms with Gasteiger partial charge in [0.1, 0.15) is 11.6 Å². The van der Waals surface area contributed by atoms with E-state index in [0.29, 0.717) is 5.56 Å². The highest BCUT2D eigenvalue weighted by molar-refractivity contribution is 5.26. The molecule has 2 unspecified atom stereocenters. The van der Waals surface area contributed by atoms with Crippen molar-refractivity contribution in [2.45, 2.75) is 38.3 Å². The van der Waals surface area contributed by atoms with Crippen LogP contribution in [0.2, 0.25) is 0 Å². The lowest BCUT2D eigenvalue weighted by atomic mass is 9.92. The lowest BCUT2D eigenvalue weighted by molar-refractivity contribution is 0.409. The van der Waals surface area contributed by atoms with Gasteiger partial charge in [0.15, 0.2) is 0 Å². The molecule has 0 aliphatic heterocycles. The lowest BCUT2D eigenvalue weighted by Gasteiger charge is -2.27. The van der Waals surface area contributed by atoms with Crippen molar-refractivity contribution in [2.24, 2.45) is 7.05 Å². The van der Waals surface area contributed by atoms with Gasteiger partial charge in [-0.2, -0.15) is 5.10 Å². The summed E-state index contributed by atoms with van der Waals surface area (Å²) < 4.78 is 28.6. The van der Waals surface area contributed by atoms with Crippen LogP contribution in [0.4, 0.5) is 8.78 Å². The molecular weight excluding hydrogens is 272 g/mol. The largest absolute Gasteiger partial charge is 0.303 e. The van der Waals surface area contributed by atoms with Crippen molar-refractivity contribution in [3.8, 4) is 0 Å². The van der Waals surface area contributed by atoms with Crippen LogP contribution in [0.25, 0.3) is 0 Å². The molecule has 1 aromatic heterocycles. The Labute approximate surface area is 123 Å². The molecule has 0 fully saturated rings. The number of hydrogen-bond donors (Lipinski definition) is 1. The van der Waals surface area contributed by atoms with Gasteiger partial charge in [0.25, 0.3) is 0 Å². The number of nitrogens with zero attached hydrogens (tertiary/aromatic N) is 2. The van der Waals surface area contributed by atoms with Crippen LogP contribution in [0.3, 0.4) is 0 Å². The van der Waals surface area contributed by atoms with E-state index >= 15 is 0 Å². The molecule has 1 N–H and O–H groups in total. The van der Waals surface area contributed by atoms with Gasteiger partial charge >= 0.3 is 0 Å². The molecule has 5 heteroatoms. The molecule has 2 aromatic rings. The van der Waals surface area contributed by atoms with Crippen LogP contribution in [0, 0.1) is 11.6 Å². The molecule has 1 aliphatic carbocycles. The van der Waals surface area contributed by atoms with E-state index in [-0.39, 0.29) is 12.1 Å². The van der Waals surface area contributed by atoms with Gasteiger partial charge in [0.2, 0.25) is 0 Å². The first kappa shape index (κ1) is 14.2. The molecule has 0 saturated heterocycles. The average Bonchev–Trinajstić information content (AvgIpc) is 2.81. The molecule has 112 valence electrons. The summed E-state index contributed by atoms with van der Waals surface area (Å²) in [5.74, 6) is -1.08. The van der Waals surface area contributed by atoms with Crippen molar-refractivity contribution in [1.29, 1.82) is 0 Å². The van der Waals surface area contributed by atoms with Crippen LogP contribution >= 0.6 is 0 Å². The van der Waals surface area contributed by atoms with Crippen LogP contribution in [-0.4, -0.2) is 9.78 Å². The highest BCUT2D eigenvalue weighted by Gasteiger charge is 2.24. The maximum Gasteiger partial charge on any atom is 0.126 e. The van der Waals surface area contributed by atoms with E-state index in [0.717, 1.165) is 25.3 Å². The summed E-state index contributed by atoms with van der Waals surface area (Å²) in [6.07, 6.45) is 5.04. The highest BCUT2D eigenvalue weighted by atomic mass is 19.1. The number of aromatic nitrogens is 2. The van der Waals surface area contributed by atoms with Crippen molar-refractivity contribution in [2.75, 3.05) is 0 Å². The summed E-state index contributed by atoms with van der Waals surface area (Å²) in [6, 6.07) is 3.73. The van der Waals surface area contributed by atoms with Crippen LogP contribution < -0.4 is 5.32 Å². The molecule has 0 radical (unpaired) electrons. The molecule has 1 heterocycles. The van der Waals surface area contributed by atoms with Crippen molar-refractivity contribution in [3.63, 3.8) is 0 Å². The standard InChI is InChI=1S/C16H19F2N3/c1-10(11-6-12(17)8-13(18)7-11)20-15-4-3-5-16-14(15)9-19-21(16)2/h6-10,15,20H,3-5H2,1-2H3. The molecule has 0 bridgehead atoms. The van der Waals surface area contributed by atoms with E-state index < -0.39 is 11.6 Å². The fourth-order valence-electron chi connectivity index (χ4n) is 3.10. The van der Waals surface area contributed by atoms with Crippen LogP contribution in [-0.2, 0) is 13.5 Å². The van der Waals surface area contributed by atoms with E-state index in [1.165, 1.54) is 23.4 Å². The summed E-state index contributed by atoms with van der Waals surface area (Å²) in [7, 11) is 1.95. The number of rotatable bonds is 3. The first-order chi connectivity index (χ1) is 10.0. The fourth-order valence-corrected chi connectivity index (χ4v) is 3.10. The fraction of sp³-hybridized carbons (Fsp3) is 0.438. The second kappa shape index (κ2) is 5.56. The summed E-state index contributed by atoms with van der Waals surface area (Å²) >= 11 is 0. The molecule has 21 heavy (non-hydrogen) atoms. The molecule has 1 aromatic carbocycles. The molecule has 2 atom stereocenters. The number of aryl methyl sites for hydroxylation is 1. The maximum absolute atomic E-state index is 13.3. The Morgan fingerprint density at radius 3 is 2.71 bits per heavy atom. The van der Waals surface area contributed by atoms with Crippen molar-refractivity contribution < 1.29 is 8.78 Å². The summed E-state index contributed by atoms with van der Waals surface area (Å²) in [4.78, 5) is 0. The normalized spacial score (nSPS) is 19.3. The van der Waals surface area contributed by atoms with Gasteiger partial charge in [0.05, 0.1) is 6.20 Å². The molecule has 0 saturated carbocycles. The quantitative estimate of drug-likeness (QED) is 0.939. The average molecular weight is 291 g/mol. The number of fused-ring (bicyclic) bond motifs is 1. The summed E-state index contributed by atoms with van der Waals surface area (Å²) in [5, 5.41) is 7.79. The van der Waals surface area contributed by atoms with E-state index in [2.05, 4.69) is 10.4 Å². The zero-order valence-corrected chi connectivity index (χ0v) is 12.2. The smallest absolute Gasteiger partial charge is 0.126 e. The van der Waals surface area contributed by atoms with Gasteiger partial charge in [-0.1, -0.05) is 0 Å². The molecule has 3 rings (SSSR count). The Kier molecular flexibility index (Phi) is 3.76. The Bertz CT molecular complexity index is 631. The minimum Gasteiger partial charge on any atom is -0.303 e. The van der Waals surface area contributed by atoms with E-state index in [1.807, 2.05) is 24.9 Å². The Morgan fingerprint density at radius 2 is 2.00 bits per heavy atom. The Hall–Kier alpha value is -1.75. The first-order valence-electron chi connectivity index (χ1n) is 7.27. The predicted octanol–water partition coefficient (Wildman–Crippen LogP) is 3.43. The van der Waals surface area contributed by atoms with E-state index in [4.69, 9.17) is 0 Å². The van der Waals surface area contributed by atoms with Crippen molar-refractivity contribution in [1.82, 2.24) is 15.1 Å². The molecule has 3 nitrogen and oxygen atoms in total. The Morgan fingerprint density at radius 1 is 1.29 bits per heavy atom. The van der Waals surface area contributed by atoms with Gasteiger partial charge < -0.3 is 5.32 Å². The number of nitrogens with one attached hydrogen (secondary N) is 1. The molecule has 0 amide bonds. The third-order valence-corrected chi connectivity index (χ3v) is 4.21. The number of hydrogen-bond acceptors (Lipinski definition) is 2. The molecule has 1 aliphatic rings. The maximum atomic E-state index is 13.3. The molecule has 0 spiro atoms. The number of benzene rings is 1. The number of halogens is 2. The zero-order valence-electron chi connectivity index (χ0n) is 12.2. The SMILES string of the molecule is CC(NC1CCCc2c1cnn2C)c1cc(F)cc(F)c1. The third-order valence-electron chi connectivity index (χ3n) is 4.21. The topological polar surface area (TPSA) is 29.9 Å². The van der Waals surface area contributed by atoms with Gasteiger partial charge in [-0.25, -0.2) is 8.78 Å². The Balaban J connectivity index is 1.80. The van der Waals surface area contributed by atoms with Crippen LogP contribution in [0.1, 0.15) is 48.7 Å². The minimum absolute atomic E-state index is 0.119. The van der Waals surface area contributed by atoms with Gasteiger partial charge in [-0.3, -0.25) is 4.68 Å². The van der Waals surface area contributed by atoms with Gasteiger partial charge in [-0.15, -0.1) is 0 Å². The minimum atomic E-state index is -0.538. The monoisotopic (exact) mass is 291 g/mol. The van der Waals surface area contributed by atoms with Crippen molar-refractivity contribution >= 4 is 0 Å². The predicted molar refractivity (Wildman–Crippen MR) is 76.8 cm³/mol. The van der Waals surface area contributed by atoms with Gasteiger partial charge in [0, 0.05) is 36.5 Å². The second-order valence-electron chi connectivity index (χ2n) is 5.71. The van der Waals surface area contributed by atoms with E-state index in [1.54, 1.807) is 0 Å². The zero-order chi connectivity index (χ0) is 15.0. The van der Waals surface area contributed by atoms with Crippen molar-refractivity contribution in [3.05, 3.63) is 52.9 Å². The highest BCUT2D eigenvalue weighted by Crippen LogP contribution is 2.31.